The van der Waals surface area contributed by atoms with Crippen molar-refractivity contribution in [1.29, 1.82) is 0 Å². The number of rotatable bonds is 4. The van der Waals surface area contributed by atoms with E-state index < -0.39 is 0 Å². The van der Waals surface area contributed by atoms with Crippen LogP contribution in [0.15, 0.2) is 18.2 Å². The number of nitrogens with zero attached hydrogens (tertiary/aromatic N) is 1. The number of benzene rings is 1. The molecule has 1 aromatic rings. The first kappa shape index (κ1) is 12.0. The van der Waals surface area contributed by atoms with Crippen LogP contribution in [-0.4, -0.2) is 17.7 Å². The number of anilines is 1. The molecule has 0 radical (unpaired) electrons. The fraction of sp³-hybridized carbons (Fsp3) is 0.500. The van der Waals surface area contributed by atoms with Crippen LogP contribution in [0, 0.1) is 5.82 Å². The van der Waals surface area contributed by atoms with Gasteiger partial charge in [-0.15, -0.1) is 0 Å². The smallest absolute Gasteiger partial charge is 0.146 e. The van der Waals surface area contributed by atoms with E-state index in [-0.39, 0.29) is 18.5 Å². The first-order chi connectivity index (χ1) is 7.10. The predicted octanol–water partition coefficient (Wildman–Crippen LogP) is 2.55. The summed E-state index contributed by atoms with van der Waals surface area (Å²) in [4.78, 5) is 1.98. The average molecular weight is 211 g/mol. The Morgan fingerprint density at radius 3 is 2.47 bits per heavy atom. The van der Waals surface area contributed by atoms with Crippen LogP contribution in [0.25, 0.3) is 0 Å². The molecule has 0 aliphatic rings. The van der Waals surface area contributed by atoms with Crippen molar-refractivity contribution in [2.75, 3.05) is 11.4 Å². The molecule has 0 aliphatic carbocycles. The number of aliphatic hydroxyl groups is 1. The quantitative estimate of drug-likeness (QED) is 0.827. The molecule has 0 saturated carbocycles. The lowest BCUT2D eigenvalue weighted by atomic mass is 10.1. The van der Waals surface area contributed by atoms with Gasteiger partial charge in [0.05, 0.1) is 12.3 Å². The summed E-state index contributed by atoms with van der Waals surface area (Å²) in [5, 5.41) is 8.88. The minimum absolute atomic E-state index is 0.120. The highest BCUT2D eigenvalue weighted by Gasteiger charge is 2.12. The second-order valence-electron chi connectivity index (χ2n) is 3.82. The first-order valence-electron chi connectivity index (χ1n) is 5.26. The molecule has 3 heteroatoms. The normalized spacial score (nSPS) is 10.8. The molecule has 1 aromatic carbocycles. The van der Waals surface area contributed by atoms with Gasteiger partial charge in [0.2, 0.25) is 0 Å². The van der Waals surface area contributed by atoms with Crippen LogP contribution in [0.4, 0.5) is 10.1 Å². The Kier molecular flexibility index (Phi) is 4.09. The summed E-state index contributed by atoms with van der Waals surface area (Å²) in [6.45, 7) is 6.71. The number of halogens is 1. The molecule has 84 valence electrons. The SMILES string of the molecule is CCN(c1ccc(CO)cc1F)C(C)C. The Labute approximate surface area is 90.3 Å². The van der Waals surface area contributed by atoms with Gasteiger partial charge in [0, 0.05) is 12.6 Å². The zero-order chi connectivity index (χ0) is 11.4. The molecule has 1 N–H and O–H groups in total. The van der Waals surface area contributed by atoms with E-state index in [4.69, 9.17) is 5.11 Å². The molecule has 1 rings (SSSR count). The van der Waals surface area contributed by atoms with Crippen LogP contribution in [0.2, 0.25) is 0 Å². The minimum atomic E-state index is -0.267. The molecule has 0 spiro atoms. The third kappa shape index (κ3) is 2.69. The van der Waals surface area contributed by atoms with Crippen LogP contribution in [0.3, 0.4) is 0 Å². The minimum Gasteiger partial charge on any atom is -0.392 e. The van der Waals surface area contributed by atoms with Crippen LogP contribution < -0.4 is 4.90 Å². The van der Waals surface area contributed by atoms with Crippen LogP contribution in [0.1, 0.15) is 26.3 Å². The molecule has 0 heterocycles. The summed E-state index contributed by atoms with van der Waals surface area (Å²) < 4.78 is 13.7. The van der Waals surface area contributed by atoms with E-state index in [1.165, 1.54) is 6.07 Å². The maximum atomic E-state index is 13.7. The molecule has 0 amide bonds. The maximum absolute atomic E-state index is 13.7. The maximum Gasteiger partial charge on any atom is 0.146 e. The van der Waals surface area contributed by atoms with Crippen molar-refractivity contribution in [2.24, 2.45) is 0 Å². The van der Waals surface area contributed by atoms with Gasteiger partial charge in [-0.1, -0.05) is 6.07 Å². The van der Waals surface area contributed by atoms with Crippen molar-refractivity contribution in [3.8, 4) is 0 Å². The summed E-state index contributed by atoms with van der Waals surface area (Å²) in [7, 11) is 0. The molecule has 0 unspecified atom stereocenters. The first-order valence-corrected chi connectivity index (χ1v) is 5.26. The van der Waals surface area contributed by atoms with Crippen molar-refractivity contribution in [2.45, 2.75) is 33.4 Å². The Bertz CT molecular complexity index is 325. The van der Waals surface area contributed by atoms with Gasteiger partial charge >= 0.3 is 0 Å². The predicted molar refractivity (Wildman–Crippen MR) is 60.5 cm³/mol. The fourth-order valence-electron chi connectivity index (χ4n) is 1.70. The van der Waals surface area contributed by atoms with Gasteiger partial charge in [-0.25, -0.2) is 4.39 Å². The number of hydrogen-bond donors (Lipinski definition) is 1. The summed E-state index contributed by atoms with van der Waals surface area (Å²) >= 11 is 0. The number of hydrogen-bond acceptors (Lipinski definition) is 2. The molecule has 0 aliphatic heterocycles. The van der Waals surface area contributed by atoms with Gasteiger partial charge in [-0.3, -0.25) is 0 Å². The Morgan fingerprint density at radius 2 is 2.07 bits per heavy atom. The highest BCUT2D eigenvalue weighted by molar-refractivity contribution is 5.49. The zero-order valence-corrected chi connectivity index (χ0v) is 9.50. The molecular weight excluding hydrogens is 193 g/mol. The van der Waals surface area contributed by atoms with Crippen molar-refractivity contribution in [3.05, 3.63) is 29.6 Å². The lowest BCUT2D eigenvalue weighted by Crippen LogP contribution is -2.31. The van der Waals surface area contributed by atoms with E-state index in [1.807, 2.05) is 25.7 Å². The van der Waals surface area contributed by atoms with E-state index in [1.54, 1.807) is 12.1 Å². The molecule has 0 saturated heterocycles. The molecule has 0 atom stereocenters. The summed E-state index contributed by atoms with van der Waals surface area (Å²) in [6.07, 6.45) is 0. The molecule has 0 fully saturated rings. The van der Waals surface area contributed by atoms with Crippen molar-refractivity contribution < 1.29 is 9.50 Å². The van der Waals surface area contributed by atoms with Gasteiger partial charge in [0.15, 0.2) is 0 Å². The molecule has 15 heavy (non-hydrogen) atoms. The Morgan fingerprint density at radius 1 is 1.40 bits per heavy atom. The van der Waals surface area contributed by atoms with Gasteiger partial charge in [-0.05, 0) is 38.5 Å². The monoisotopic (exact) mass is 211 g/mol. The third-order valence-corrected chi connectivity index (χ3v) is 2.47. The lowest BCUT2D eigenvalue weighted by molar-refractivity contribution is 0.281. The zero-order valence-electron chi connectivity index (χ0n) is 9.50. The summed E-state index contributed by atoms with van der Waals surface area (Å²) in [5.41, 5.74) is 1.21. The average Bonchev–Trinajstić information content (AvgIpc) is 2.20. The van der Waals surface area contributed by atoms with Gasteiger partial charge in [0.1, 0.15) is 5.82 Å². The van der Waals surface area contributed by atoms with Crippen molar-refractivity contribution >= 4 is 5.69 Å². The van der Waals surface area contributed by atoms with Crippen LogP contribution in [-0.2, 0) is 6.61 Å². The third-order valence-electron chi connectivity index (χ3n) is 2.47. The van der Waals surface area contributed by atoms with E-state index in [0.717, 1.165) is 6.54 Å². The Balaban J connectivity index is 3.03. The van der Waals surface area contributed by atoms with Crippen LogP contribution >= 0.6 is 0 Å². The molecule has 0 bridgehead atoms. The molecule has 2 nitrogen and oxygen atoms in total. The topological polar surface area (TPSA) is 23.5 Å². The standard InChI is InChI=1S/C12H18FNO/c1-4-14(9(2)3)12-6-5-10(8-15)7-11(12)13/h5-7,9,15H,4,8H2,1-3H3. The van der Waals surface area contributed by atoms with Gasteiger partial charge in [-0.2, -0.15) is 0 Å². The fourth-order valence-corrected chi connectivity index (χ4v) is 1.70. The second-order valence-corrected chi connectivity index (χ2v) is 3.82. The van der Waals surface area contributed by atoms with Crippen molar-refractivity contribution in [3.63, 3.8) is 0 Å². The van der Waals surface area contributed by atoms with E-state index >= 15 is 0 Å². The van der Waals surface area contributed by atoms with Gasteiger partial charge in [0.25, 0.3) is 0 Å². The van der Waals surface area contributed by atoms with Crippen LogP contribution in [0.5, 0.6) is 0 Å². The summed E-state index contributed by atoms with van der Waals surface area (Å²) in [5.74, 6) is -0.267. The van der Waals surface area contributed by atoms with E-state index in [2.05, 4.69) is 0 Å². The molecular formula is C12H18FNO. The van der Waals surface area contributed by atoms with E-state index in [9.17, 15) is 4.39 Å². The highest BCUT2D eigenvalue weighted by atomic mass is 19.1. The van der Waals surface area contributed by atoms with Crippen molar-refractivity contribution in [1.82, 2.24) is 0 Å². The lowest BCUT2D eigenvalue weighted by Gasteiger charge is -2.28. The summed E-state index contributed by atoms with van der Waals surface area (Å²) in [6, 6.07) is 5.14. The largest absolute Gasteiger partial charge is 0.392 e. The Hall–Kier alpha value is -1.09. The van der Waals surface area contributed by atoms with E-state index in [0.29, 0.717) is 11.3 Å². The second kappa shape index (κ2) is 5.12. The molecule has 0 aromatic heterocycles. The van der Waals surface area contributed by atoms with Gasteiger partial charge < -0.3 is 10.0 Å². The number of aliphatic hydroxyl groups excluding tert-OH is 1. The highest BCUT2D eigenvalue weighted by Crippen LogP contribution is 2.22.